The number of furan rings is 1. The summed E-state index contributed by atoms with van der Waals surface area (Å²) in [5, 5.41) is 0. The summed E-state index contributed by atoms with van der Waals surface area (Å²) in [5.74, 6) is 2.28. The lowest BCUT2D eigenvalue weighted by Gasteiger charge is -2.16. The molecule has 0 saturated heterocycles. The number of methoxy groups -OCH3 is 1. The second-order valence-corrected chi connectivity index (χ2v) is 6.93. The Hall–Kier alpha value is -2.53. The van der Waals surface area contributed by atoms with Crippen molar-refractivity contribution in [2.45, 2.75) is 13.0 Å². The molecule has 1 heterocycles. The van der Waals surface area contributed by atoms with Gasteiger partial charge in [-0.2, -0.15) is 0 Å². The fourth-order valence-corrected chi connectivity index (χ4v) is 2.97. The molecule has 0 aliphatic carbocycles. The Morgan fingerprint density at radius 1 is 1.08 bits per heavy atom. The number of halogens is 1. The van der Waals surface area contributed by atoms with Gasteiger partial charge in [0, 0.05) is 22.6 Å². The van der Waals surface area contributed by atoms with Crippen LogP contribution >= 0.6 is 15.9 Å². The Kier molecular flexibility index (Phi) is 5.78. The Labute approximate surface area is 161 Å². The monoisotopic (exact) mass is 413 g/mol. The molecule has 134 valence electrons. The second kappa shape index (κ2) is 8.23. The SMILES string of the molecule is COc1ccccc1CC(=O)N(C)Cc1ccc(-c2ccc(Br)cc2)o1. The van der Waals surface area contributed by atoms with E-state index >= 15 is 0 Å². The van der Waals surface area contributed by atoms with Crippen molar-refractivity contribution in [1.29, 1.82) is 0 Å². The number of benzene rings is 2. The fourth-order valence-electron chi connectivity index (χ4n) is 2.70. The van der Waals surface area contributed by atoms with E-state index in [1.807, 2.05) is 60.7 Å². The number of nitrogens with zero attached hydrogens (tertiary/aromatic N) is 1. The van der Waals surface area contributed by atoms with Crippen LogP contribution in [0.1, 0.15) is 11.3 Å². The van der Waals surface area contributed by atoms with Crippen LogP contribution in [-0.2, 0) is 17.8 Å². The van der Waals surface area contributed by atoms with E-state index in [9.17, 15) is 4.79 Å². The maximum atomic E-state index is 12.5. The highest BCUT2D eigenvalue weighted by atomic mass is 79.9. The quantitative estimate of drug-likeness (QED) is 0.575. The molecule has 0 fully saturated rings. The van der Waals surface area contributed by atoms with Crippen molar-refractivity contribution in [3.63, 3.8) is 0 Å². The number of hydrogen-bond acceptors (Lipinski definition) is 3. The van der Waals surface area contributed by atoms with Crippen molar-refractivity contribution in [2.75, 3.05) is 14.2 Å². The van der Waals surface area contributed by atoms with Crippen molar-refractivity contribution in [3.05, 3.63) is 76.5 Å². The predicted octanol–water partition coefficient (Wildman–Crippen LogP) is 4.92. The van der Waals surface area contributed by atoms with Crippen LogP contribution in [0.15, 0.2) is 69.6 Å². The summed E-state index contributed by atoms with van der Waals surface area (Å²) in [6.45, 7) is 0.421. The smallest absolute Gasteiger partial charge is 0.227 e. The van der Waals surface area contributed by atoms with Crippen LogP contribution in [0.5, 0.6) is 5.75 Å². The molecule has 0 N–H and O–H groups in total. The third-order valence-corrected chi connectivity index (χ3v) is 4.67. The number of carbonyl (C=O) groups excluding carboxylic acids is 1. The number of likely N-dealkylation sites (N-methyl/N-ethyl adjacent to an activating group) is 1. The van der Waals surface area contributed by atoms with Gasteiger partial charge in [0.25, 0.3) is 0 Å². The summed E-state index contributed by atoms with van der Waals surface area (Å²) < 4.78 is 12.2. The summed E-state index contributed by atoms with van der Waals surface area (Å²) in [4.78, 5) is 14.2. The molecule has 0 atom stereocenters. The first kappa shape index (κ1) is 18.3. The van der Waals surface area contributed by atoms with Crippen LogP contribution in [0.3, 0.4) is 0 Å². The van der Waals surface area contributed by atoms with Crippen molar-refractivity contribution in [3.8, 4) is 17.1 Å². The van der Waals surface area contributed by atoms with E-state index in [4.69, 9.17) is 9.15 Å². The Bertz CT molecular complexity index is 886. The molecule has 0 aliphatic heterocycles. The first-order valence-electron chi connectivity index (χ1n) is 8.27. The van der Waals surface area contributed by atoms with Crippen molar-refractivity contribution >= 4 is 21.8 Å². The number of ether oxygens (including phenoxy) is 1. The Morgan fingerprint density at radius 2 is 1.81 bits per heavy atom. The molecule has 5 heteroatoms. The Balaban J connectivity index is 1.65. The largest absolute Gasteiger partial charge is 0.496 e. The zero-order chi connectivity index (χ0) is 18.5. The number of amides is 1. The predicted molar refractivity (Wildman–Crippen MR) is 105 cm³/mol. The van der Waals surface area contributed by atoms with E-state index in [0.717, 1.165) is 32.9 Å². The van der Waals surface area contributed by atoms with Crippen LogP contribution in [0.2, 0.25) is 0 Å². The summed E-state index contributed by atoms with van der Waals surface area (Å²) in [6.07, 6.45) is 0.292. The molecular formula is C21H20BrNO3. The standard InChI is InChI=1S/C21H20BrNO3/c1-23(21(24)13-16-5-3-4-6-19(16)25-2)14-18-11-12-20(26-18)15-7-9-17(22)10-8-15/h3-12H,13-14H2,1-2H3. The van der Waals surface area contributed by atoms with E-state index in [1.54, 1.807) is 19.1 Å². The van der Waals surface area contributed by atoms with Crippen molar-refractivity contribution in [1.82, 2.24) is 4.90 Å². The van der Waals surface area contributed by atoms with E-state index in [2.05, 4.69) is 15.9 Å². The highest BCUT2D eigenvalue weighted by Gasteiger charge is 2.15. The van der Waals surface area contributed by atoms with E-state index in [-0.39, 0.29) is 5.91 Å². The molecule has 0 radical (unpaired) electrons. The zero-order valence-electron chi connectivity index (χ0n) is 14.7. The molecule has 1 amide bonds. The van der Waals surface area contributed by atoms with E-state index in [0.29, 0.717) is 13.0 Å². The lowest BCUT2D eigenvalue weighted by atomic mass is 10.1. The van der Waals surface area contributed by atoms with Crippen molar-refractivity contribution < 1.29 is 13.9 Å². The van der Waals surface area contributed by atoms with Crippen LogP contribution in [0.4, 0.5) is 0 Å². The van der Waals surface area contributed by atoms with Crippen LogP contribution in [-0.4, -0.2) is 25.0 Å². The molecule has 0 aliphatic rings. The number of rotatable bonds is 6. The van der Waals surface area contributed by atoms with Gasteiger partial charge in [-0.3, -0.25) is 4.79 Å². The molecule has 0 saturated carbocycles. The molecular weight excluding hydrogens is 394 g/mol. The summed E-state index contributed by atoms with van der Waals surface area (Å²) in [6, 6.07) is 19.3. The van der Waals surface area contributed by atoms with Gasteiger partial charge in [0.05, 0.1) is 20.1 Å². The summed E-state index contributed by atoms with van der Waals surface area (Å²) in [7, 11) is 3.39. The summed E-state index contributed by atoms with van der Waals surface area (Å²) >= 11 is 3.43. The van der Waals surface area contributed by atoms with Gasteiger partial charge in [0.15, 0.2) is 0 Å². The molecule has 0 bridgehead atoms. The number of hydrogen-bond donors (Lipinski definition) is 0. The average Bonchev–Trinajstić information content (AvgIpc) is 3.11. The molecule has 26 heavy (non-hydrogen) atoms. The maximum absolute atomic E-state index is 12.5. The van der Waals surface area contributed by atoms with Gasteiger partial charge in [-0.15, -0.1) is 0 Å². The van der Waals surface area contributed by atoms with Gasteiger partial charge in [0.2, 0.25) is 5.91 Å². The first-order chi connectivity index (χ1) is 12.6. The molecule has 2 aromatic carbocycles. The van der Waals surface area contributed by atoms with Gasteiger partial charge in [-0.1, -0.05) is 46.3 Å². The fraction of sp³-hybridized carbons (Fsp3) is 0.190. The first-order valence-corrected chi connectivity index (χ1v) is 9.06. The molecule has 0 unspecified atom stereocenters. The third kappa shape index (κ3) is 4.35. The number of carbonyl (C=O) groups is 1. The van der Waals surface area contributed by atoms with Crippen LogP contribution in [0, 0.1) is 0 Å². The van der Waals surface area contributed by atoms with Gasteiger partial charge in [-0.05, 0) is 30.3 Å². The molecule has 1 aromatic heterocycles. The lowest BCUT2D eigenvalue weighted by molar-refractivity contribution is -0.129. The molecule has 4 nitrogen and oxygen atoms in total. The lowest BCUT2D eigenvalue weighted by Crippen LogP contribution is -2.27. The van der Waals surface area contributed by atoms with E-state index < -0.39 is 0 Å². The minimum absolute atomic E-state index is 0.0103. The van der Waals surface area contributed by atoms with Gasteiger partial charge in [-0.25, -0.2) is 0 Å². The number of para-hydroxylation sites is 1. The maximum Gasteiger partial charge on any atom is 0.227 e. The molecule has 3 rings (SSSR count). The summed E-state index contributed by atoms with van der Waals surface area (Å²) in [5.41, 5.74) is 1.88. The average molecular weight is 414 g/mol. The van der Waals surface area contributed by atoms with Crippen molar-refractivity contribution in [2.24, 2.45) is 0 Å². The second-order valence-electron chi connectivity index (χ2n) is 6.01. The van der Waals surface area contributed by atoms with Gasteiger partial charge in [0.1, 0.15) is 17.3 Å². The van der Waals surface area contributed by atoms with Crippen LogP contribution in [0.25, 0.3) is 11.3 Å². The minimum Gasteiger partial charge on any atom is -0.496 e. The highest BCUT2D eigenvalue weighted by Crippen LogP contribution is 2.25. The van der Waals surface area contributed by atoms with Crippen LogP contribution < -0.4 is 4.74 Å². The Morgan fingerprint density at radius 3 is 2.54 bits per heavy atom. The van der Waals surface area contributed by atoms with Gasteiger partial charge >= 0.3 is 0 Å². The molecule has 0 spiro atoms. The topological polar surface area (TPSA) is 42.7 Å². The molecule has 3 aromatic rings. The highest BCUT2D eigenvalue weighted by molar-refractivity contribution is 9.10. The minimum atomic E-state index is 0.0103. The zero-order valence-corrected chi connectivity index (χ0v) is 16.3. The normalized spacial score (nSPS) is 10.6. The van der Waals surface area contributed by atoms with Gasteiger partial charge < -0.3 is 14.1 Å². The van der Waals surface area contributed by atoms with E-state index in [1.165, 1.54) is 0 Å². The third-order valence-electron chi connectivity index (χ3n) is 4.14.